The van der Waals surface area contributed by atoms with Gasteiger partial charge in [-0.1, -0.05) is 33.1 Å². The van der Waals surface area contributed by atoms with Crippen LogP contribution in [0.2, 0.25) is 0 Å². The first-order valence-corrected chi connectivity index (χ1v) is 36.3. The van der Waals surface area contributed by atoms with Gasteiger partial charge < -0.3 is 116 Å². The summed E-state index contributed by atoms with van der Waals surface area (Å²) in [5.41, 5.74) is 0. The van der Waals surface area contributed by atoms with Crippen LogP contribution in [0.25, 0.3) is 0 Å². The number of nitrogens with zero attached hydrogens (tertiary/aromatic N) is 1. The van der Waals surface area contributed by atoms with E-state index in [4.69, 9.17) is 33.2 Å². The highest BCUT2D eigenvalue weighted by Gasteiger charge is 2.46. The molecule has 101 heavy (non-hydrogen) atoms. The standard InChI is InChI=1S/C68H122N8O25/c1-44-59(88)61(90)50(41-77)99-66(44)96-35-15-5-8-25-54(84)71-31-19-33-73-57(87)40-76(39-48(82)21-11-13-29-69-53(83)24-10-7-17-37-98-68-58(75-46(3)80)64(93)63(92)52(43-79)101-68)49(23-12-14-30-70-56(86)27-18-22-47(81)28-38-95-4)65(94)74-34-20-32-72-55(85)26-9-6-16-36-97-67-45(2)60(89)62(91)51(42-78)100-67/h44-45,49-52,58-64,66-68,77-79,88-93H,5-43H2,1-4H3,(H,69,83)(H,70,86)(H,71,84)(H,72,85)(H,73,87)(H,74,94)(H,75,80)/t44?,45?,49?,50?,51?,52?,58?,59-,60-,61+,62+,63+,64-,66-,67-,68-/m1/s1. The third kappa shape index (κ3) is 36.5. The van der Waals surface area contributed by atoms with Crippen LogP contribution in [0.3, 0.4) is 0 Å². The van der Waals surface area contributed by atoms with Crippen molar-refractivity contribution < 1.29 is 122 Å². The topological polar surface area (TPSA) is 488 Å². The van der Waals surface area contributed by atoms with Crippen LogP contribution in [0.4, 0.5) is 0 Å². The fourth-order valence-corrected chi connectivity index (χ4v) is 11.7. The van der Waals surface area contributed by atoms with Crippen LogP contribution in [0.1, 0.15) is 175 Å². The molecule has 3 aliphatic heterocycles. The number of amides is 7. The Hall–Kier alpha value is -5.05. The maximum atomic E-state index is 14.3. The Kier molecular flexibility index (Phi) is 47.2. The molecule has 0 saturated carbocycles. The second kappa shape index (κ2) is 52.8. The molecular formula is C68H122N8O25. The molecule has 3 rings (SSSR count). The molecule has 0 bridgehead atoms. The summed E-state index contributed by atoms with van der Waals surface area (Å²) in [4.78, 5) is 118. The molecule has 3 heterocycles. The number of aliphatic hydroxyl groups excluding tert-OH is 9. The molecule has 16 atom stereocenters. The Morgan fingerprint density at radius 3 is 1.24 bits per heavy atom. The van der Waals surface area contributed by atoms with Crippen LogP contribution in [0, 0.1) is 11.8 Å². The van der Waals surface area contributed by atoms with E-state index in [-0.39, 0.29) is 159 Å². The lowest BCUT2D eigenvalue weighted by atomic mass is 9.92. The van der Waals surface area contributed by atoms with Gasteiger partial charge >= 0.3 is 0 Å². The van der Waals surface area contributed by atoms with Gasteiger partial charge in [-0.05, 0) is 89.9 Å². The molecule has 0 aromatic carbocycles. The smallest absolute Gasteiger partial charge is 0.237 e. The van der Waals surface area contributed by atoms with Gasteiger partial charge in [0.2, 0.25) is 41.4 Å². The largest absolute Gasteiger partial charge is 0.394 e. The minimum absolute atomic E-state index is 0.00564. The summed E-state index contributed by atoms with van der Waals surface area (Å²) in [5.74, 6) is -3.57. The summed E-state index contributed by atoms with van der Waals surface area (Å²) < 4.78 is 39.0. The average Bonchev–Trinajstić information content (AvgIpc) is 0.823. The molecule has 584 valence electrons. The van der Waals surface area contributed by atoms with Crippen molar-refractivity contribution in [2.45, 2.75) is 261 Å². The van der Waals surface area contributed by atoms with Gasteiger partial charge in [0.05, 0.1) is 57.8 Å². The molecule has 7 unspecified atom stereocenters. The first-order valence-electron chi connectivity index (χ1n) is 36.3. The molecule has 33 heteroatoms. The molecule has 0 aromatic rings. The molecule has 0 spiro atoms. The number of ether oxygens (including phenoxy) is 7. The van der Waals surface area contributed by atoms with E-state index in [1.807, 2.05) is 0 Å². The maximum Gasteiger partial charge on any atom is 0.237 e. The lowest BCUT2D eigenvalue weighted by Gasteiger charge is -2.42. The quantitative estimate of drug-likeness (QED) is 0.0283. The van der Waals surface area contributed by atoms with E-state index in [1.54, 1.807) is 13.8 Å². The van der Waals surface area contributed by atoms with E-state index in [9.17, 15) is 89.1 Å². The predicted molar refractivity (Wildman–Crippen MR) is 363 cm³/mol. The van der Waals surface area contributed by atoms with Crippen molar-refractivity contribution in [2.75, 3.05) is 106 Å². The van der Waals surface area contributed by atoms with Crippen molar-refractivity contribution >= 4 is 52.9 Å². The van der Waals surface area contributed by atoms with E-state index >= 15 is 0 Å². The van der Waals surface area contributed by atoms with Crippen molar-refractivity contribution in [1.29, 1.82) is 0 Å². The fourth-order valence-electron chi connectivity index (χ4n) is 11.7. The van der Waals surface area contributed by atoms with Gasteiger partial charge in [-0.25, -0.2) is 0 Å². The molecular weight excluding hydrogens is 1330 g/mol. The summed E-state index contributed by atoms with van der Waals surface area (Å²) in [6.45, 7) is 4.74. The molecule has 33 nitrogen and oxygen atoms in total. The minimum atomic E-state index is -1.44. The minimum Gasteiger partial charge on any atom is -0.394 e. The number of unbranched alkanes of at least 4 members (excludes halogenated alkanes) is 8. The highest BCUT2D eigenvalue weighted by atomic mass is 16.7. The summed E-state index contributed by atoms with van der Waals surface area (Å²) in [6, 6.07) is -2.07. The summed E-state index contributed by atoms with van der Waals surface area (Å²) in [5, 5.41) is 110. The van der Waals surface area contributed by atoms with Crippen LogP contribution < -0.4 is 37.2 Å². The molecule has 0 aliphatic carbocycles. The van der Waals surface area contributed by atoms with E-state index in [2.05, 4.69) is 37.2 Å². The van der Waals surface area contributed by atoms with Gasteiger partial charge in [0, 0.05) is 130 Å². The summed E-state index contributed by atoms with van der Waals surface area (Å²) in [7, 11) is 1.50. The molecule has 7 amide bonds. The third-order valence-electron chi connectivity index (χ3n) is 17.9. The fraction of sp³-hybridized carbons (Fsp3) is 0.868. The zero-order chi connectivity index (χ0) is 74.5. The van der Waals surface area contributed by atoms with Gasteiger partial charge in [-0.2, -0.15) is 0 Å². The first kappa shape index (κ1) is 90.2. The van der Waals surface area contributed by atoms with Gasteiger partial charge in [0.1, 0.15) is 60.3 Å². The molecule has 3 aliphatic rings. The van der Waals surface area contributed by atoms with Gasteiger partial charge in [-0.3, -0.25) is 48.1 Å². The monoisotopic (exact) mass is 1450 g/mol. The van der Waals surface area contributed by atoms with Crippen LogP contribution in [-0.4, -0.2) is 295 Å². The lowest BCUT2D eigenvalue weighted by molar-refractivity contribution is -0.282. The number of hydrogen-bond donors (Lipinski definition) is 16. The summed E-state index contributed by atoms with van der Waals surface area (Å²) in [6.07, 6.45) is -3.90. The van der Waals surface area contributed by atoms with Crippen LogP contribution in [-0.2, 0) is 76.3 Å². The van der Waals surface area contributed by atoms with E-state index in [1.165, 1.54) is 18.9 Å². The van der Waals surface area contributed by atoms with Crippen LogP contribution in [0.5, 0.6) is 0 Å². The highest BCUT2D eigenvalue weighted by Crippen LogP contribution is 2.29. The first-order chi connectivity index (χ1) is 48.5. The molecule has 3 saturated heterocycles. The Bertz CT molecular complexity index is 2390. The number of rotatable bonds is 56. The molecule has 3 fully saturated rings. The van der Waals surface area contributed by atoms with Crippen LogP contribution >= 0.6 is 0 Å². The van der Waals surface area contributed by atoms with Gasteiger partial charge in [-0.15, -0.1) is 0 Å². The Labute approximate surface area is 593 Å². The molecule has 0 aromatic heterocycles. The molecule has 0 radical (unpaired) electrons. The number of Topliss-reactive ketones (excluding diaryl/α,β-unsaturated/α-hetero) is 2. The zero-order valence-corrected chi connectivity index (χ0v) is 59.8. The van der Waals surface area contributed by atoms with E-state index < -0.39 is 135 Å². The van der Waals surface area contributed by atoms with Crippen molar-refractivity contribution in [3.63, 3.8) is 0 Å². The maximum absolute atomic E-state index is 14.3. The third-order valence-corrected chi connectivity index (χ3v) is 17.9. The number of nitrogens with one attached hydrogen (secondary N) is 7. The van der Waals surface area contributed by atoms with Crippen LogP contribution in [0.15, 0.2) is 0 Å². The number of hydrogen-bond acceptors (Lipinski definition) is 26. The normalized spacial score (nSPS) is 25.4. The van der Waals surface area contributed by atoms with Crippen molar-refractivity contribution in [1.82, 2.24) is 42.1 Å². The number of aliphatic hydroxyl groups is 9. The van der Waals surface area contributed by atoms with Gasteiger partial charge in [0.15, 0.2) is 18.9 Å². The number of methoxy groups -OCH3 is 1. The molecule has 16 N–H and O–H groups in total. The van der Waals surface area contributed by atoms with E-state index in [0.29, 0.717) is 109 Å². The van der Waals surface area contributed by atoms with Crippen molar-refractivity contribution in [3.8, 4) is 0 Å². The Morgan fingerprint density at radius 1 is 0.396 bits per heavy atom. The van der Waals surface area contributed by atoms with E-state index in [0.717, 1.165) is 0 Å². The second-order valence-corrected chi connectivity index (χ2v) is 26.4. The number of carbonyl (C=O) groups excluding carboxylic acids is 9. The predicted octanol–water partition coefficient (Wildman–Crippen LogP) is -2.36. The number of ketones is 2. The zero-order valence-electron chi connectivity index (χ0n) is 59.8. The number of carbonyl (C=O) groups is 9. The SMILES string of the molecule is COCCC(=O)CCCC(=O)NCCCCC(C(=O)NCCCNC(=O)CCCCCO[C@@H]1OC(CO)[C@H](O)[C@H](O)C1C)N(CC(=O)CCCCNC(=O)CCCCCO[C@@H]1OC(CO)[C@H](O)[C@H](O)C1NC(C)=O)CC(=O)NCCCNC(=O)CCCCCO[C@@H]1OC(CO)[C@H](O)[C@H](O)C1C. The lowest BCUT2D eigenvalue weighted by Crippen LogP contribution is -2.64. The van der Waals surface area contributed by atoms with Crippen molar-refractivity contribution in [2.24, 2.45) is 11.8 Å². The summed E-state index contributed by atoms with van der Waals surface area (Å²) >= 11 is 0. The van der Waals surface area contributed by atoms with Gasteiger partial charge in [0.25, 0.3) is 0 Å². The van der Waals surface area contributed by atoms with Crippen molar-refractivity contribution in [3.05, 3.63) is 0 Å². The highest BCUT2D eigenvalue weighted by molar-refractivity contribution is 5.87. The Balaban J connectivity index is 1.57. The second-order valence-electron chi connectivity index (χ2n) is 26.4. The average molecular weight is 1450 g/mol. The Morgan fingerprint density at radius 2 is 0.782 bits per heavy atom.